The first-order chi connectivity index (χ1) is 16.9. The molecule has 1 aliphatic rings. The number of ether oxygens (including phenoxy) is 1. The first-order valence-corrected chi connectivity index (χ1v) is 10.8. The molecule has 3 heterocycles. The van der Waals surface area contributed by atoms with Gasteiger partial charge >= 0.3 is 5.97 Å². The number of nitrogens with zero attached hydrogens (tertiary/aromatic N) is 4. The first kappa shape index (κ1) is 22.5. The minimum Gasteiger partial charge on any atom is -0.467 e. The number of hydrogen-bond donors (Lipinski definition) is 0. The molecule has 10 heteroatoms. The molecule has 8 nitrogen and oxygen atoms in total. The van der Waals surface area contributed by atoms with E-state index in [1.165, 1.54) is 24.1 Å². The fraction of sp³-hybridized carbons (Fsp3) is 0.200. The van der Waals surface area contributed by atoms with E-state index in [0.717, 1.165) is 17.2 Å². The van der Waals surface area contributed by atoms with Crippen LogP contribution in [-0.2, 0) is 16.6 Å². The average molecular weight is 478 g/mol. The largest absolute Gasteiger partial charge is 0.467 e. The van der Waals surface area contributed by atoms with Crippen LogP contribution in [0, 0.1) is 11.6 Å². The number of carbonyl (C=O) groups excluding carboxylic acids is 2. The molecular formula is C25H20F2N4O4. The van der Waals surface area contributed by atoms with Crippen molar-refractivity contribution in [1.29, 1.82) is 0 Å². The van der Waals surface area contributed by atoms with E-state index < -0.39 is 29.6 Å². The maximum absolute atomic E-state index is 14.2. The average Bonchev–Trinajstić information content (AvgIpc) is 3.51. The molecule has 0 bridgehead atoms. The van der Waals surface area contributed by atoms with Gasteiger partial charge in [0.25, 0.3) is 5.91 Å². The molecule has 0 saturated carbocycles. The number of methoxy groups -OCH3 is 1. The van der Waals surface area contributed by atoms with Crippen LogP contribution in [0.2, 0.25) is 0 Å². The monoisotopic (exact) mass is 478 g/mol. The normalized spacial score (nSPS) is 17.2. The van der Waals surface area contributed by atoms with Crippen molar-refractivity contribution in [1.82, 2.24) is 19.8 Å². The number of benzene rings is 2. The van der Waals surface area contributed by atoms with Crippen LogP contribution in [0.3, 0.4) is 0 Å². The molecule has 1 amide bonds. The zero-order chi connectivity index (χ0) is 24.7. The fourth-order valence-corrected chi connectivity index (χ4v) is 4.46. The molecule has 1 aliphatic heterocycles. The summed E-state index contributed by atoms with van der Waals surface area (Å²) in [5.74, 6) is -3.09. The summed E-state index contributed by atoms with van der Waals surface area (Å²) < 4.78 is 39.4. The molecule has 2 aromatic heterocycles. The van der Waals surface area contributed by atoms with E-state index in [2.05, 4.69) is 10.3 Å². The highest BCUT2D eigenvalue weighted by molar-refractivity contribution is 5.96. The summed E-state index contributed by atoms with van der Waals surface area (Å²) in [4.78, 5) is 27.9. The Morgan fingerprint density at radius 1 is 1.11 bits per heavy atom. The third-order valence-corrected chi connectivity index (χ3v) is 6.10. The third kappa shape index (κ3) is 3.96. The van der Waals surface area contributed by atoms with Crippen molar-refractivity contribution < 1.29 is 27.6 Å². The Labute approximate surface area is 198 Å². The van der Waals surface area contributed by atoms with Gasteiger partial charge in [0.1, 0.15) is 11.6 Å². The van der Waals surface area contributed by atoms with E-state index in [4.69, 9.17) is 9.26 Å². The first-order valence-electron chi connectivity index (χ1n) is 10.8. The predicted octanol–water partition coefficient (Wildman–Crippen LogP) is 3.86. The lowest BCUT2D eigenvalue weighted by atomic mass is 9.82. The second kappa shape index (κ2) is 8.79. The Bertz CT molecular complexity index is 1430. The Kier molecular flexibility index (Phi) is 5.64. The minimum atomic E-state index is -1.01. The van der Waals surface area contributed by atoms with Crippen molar-refractivity contribution in [2.24, 2.45) is 7.05 Å². The van der Waals surface area contributed by atoms with Gasteiger partial charge in [-0.25, -0.2) is 13.6 Å². The molecule has 5 rings (SSSR count). The number of aryl methyl sites for hydroxylation is 1. The lowest BCUT2D eigenvalue weighted by Crippen LogP contribution is -2.45. The second-order valence-electron chi connectivity index (χ2n) is 8.21. The molecule has 2 atom stereocenters. The van der Waals surface area contributed by atoms with Crippen molar-refractivity contribution in [3.63, 3.8) is 0 Å². The SMILES string of the molecule is COC(=O)C1c2ccccc2C(c2cnn(C)c2)CN1C(=O)c1cc(-c2ccc(F)cc2F)on1. The zero-order valence-electron chi connectivity index (χ0n) is 18.8. The standard InChI is InChI=1S/C25H20F2N4O4/c1-30-12-14(11-28-30)19-13-31(23(25(33)34-2)17-6-4-3-5-16(17)19)24(32)21-10-22(35-29-21)18-8-7-15(26)9-20(18)27/h3-12,19,23H,13H2,1-2H3. The number of hydrogen-bond acceptors (Lipinski definition) is 6. The smallest absolute Gasteiger partial charge is 0.333 e. The van der Waals surface area contributed by atoms with E-state index in [1.807, 2.05) is 18.3 Å². The van der Waals surface area contributed by atoms with E-state index in [9.17, 15) is 18.4 Å². The number of fused-ring (bicyclic) bond motifs is 1. The van der Waals surface area contributed by atoms with Crippen LogP contribution in [0.5, 0.6) is 0 Å². The molecule has 2 unspecified atom stereocenters. The Balaban J connectivity index is 1.56. The van der Waals surface area contributed by atoms with Crippen molar-refractivity contribution in [3.05, 3.63) is 94.9 Å². The number of carbonyl (C=O) groups is 2. The van der Waals surface area contributed by atoms with Crippen LogP contribution in [-0.4, -0.2) is 45.4 Å². The lowest BCUT2D eigenvalue weighted by Gasteiger charge is -2.39. The van der Waals surface area contributed by atoms with Gasteiger partial charge in [0.05, 0.1) is 18.9 Å². The number of amides is 1. The van der Waals surface area contributed by atoms with Crippen molar-refractivity contribution >= 4 is 11.9 Å². The second-order valence-corrected chi connectivity index (χ2v) is 8.21. The van der Waals surface area contributed by atoms with Crippen molar-refractivity contribution in [2.75, 3.05) is 13.7 Å². The predicted molar refractivity (Wildman–Crippen MR) is 119 cm³/mol. The van der Waals surface area contributed by atoms with Gasteiger partial charge in [0, 0.05) is 37.8 Å². The van der Waals surface area contributed by atoms with Crippen molar-refractivity contribution in [3.8, 4) is 11.3 Å². The molecule has 0 N–H and O–H groups in total. The van der Waals surface area contributed by atoms with Crippen LogP contribution in [0.15, 0.2) is 65.4 Å². The Morgan fingerprint density at radius 2 is 1.89 bits per heavy atom. The Hall–Kier alpha value is -4.34. The number of aromatic nitrogens is 3. The quantitative estimate of drug-likeness (QED) is 0.414. The topological polar surface area (TPSA) is 90.5 Å². The molecule has 0 aliphatic carbocycles. The van der Waals surface area contributed by atoms with E-state index in [-0.39, 0.29) is 29.5 Å². The molecule has 0 radical (unpaired) electrons. The maximum atomic E-state index is 14.2. The van der Waals surface area contributed by atoms with E-state index in [0.29, 0.717) is 11.6 Å². The van der Waals surface area contributed by atoms with Gasteiger partial charge in [-0.3, -0.25) is 9.48 Å². The molecular weight excluding hydrogens is 458 g/mol. The summed E-state index contributed by atoms with van der Waals surface area (Å²) in [7, 11) is 3.05. The molecule has 178 valence electrons. The highest BCUT2D eigenvalue weighted by atomic mass is 19.1. The van der Waals surface area contributed by atoms with Crippen LogP contribution >= 0.6 is 0 Å². The van der Waals surface area contributed by atoms with Gasteiger partial charge in [0.2, 0.25) is 0 Å². The summed E-state index contributed by atoms with van der Waals surface area (Å²) in [6.07, 6.45) is 3.57. The molecule has 0 saturated heterocycles. The summed E-state index contributed by atoms with van der Waals surface area (Å²) in [5.41, 5.74) is 2.22. The maximum Gasteiger partial charge on any atom is 0.333 e. The number of halogens is 2. The fourth-order valence-electron chi connectivity index (χ4n) is 4.46. The molecule has 0 spiro atoms. The highest BCUT2D eigenvalue weighted by Crippen LogP contribution is 2.40. The number of esters is 1. The molecule has 2 aromatic carbocycles. The summed E-state index contributed by atoms with van der Waals surface area (Å²) in [5, 5.41) is 8.06. The number of rotatable bonds is 4. The molecule has 35 heavy (non-hydrogen) atoms. The van der Waals surface area contributed by atoms with Gasteiger partial charge < -0.3 is 14.2 Å². The van der Waals surface area contributed by atoms with Crippen molar-refractivity contribution in [2.45, 2.75) is 12.0 Å². The van der Waals surface area contributed by atoms with Crippen LogP contribution in [0.4, 0.5) is 8.78 Å². The van der Waals surface area contributed by atoms with Gasteiger partial charge in [-0.15, -0.1) is 0 Å². The molecule has 0 fully saturated rings. The summed E-state index contributed by atoms with van der Waals surface area (Å²) >= 11 is 0. The van der Waals surface area contributed by atoms with Gasteiger partial charge in [-0.1, -0.05) is 29.4 Å². The highest BCUT2D eigenvalue weighted by Gasteiger charge is 2.42. The summed E-state index contributed by atoms with van der Waals surface area (Å²) in [6.45, 7) is 0.147. The zero-order valence-corrected chi connectivity index (χ0v) is 18.8. The lowest BCUT2D eigenvalue weighted by molar-refractivity contribution is -0.146. The third-order valence-electron chi connectivity index (χ3n) is 6.10. The summed E-state index contributed by atoms with van der Waals surface area (Å²) in [6, 6.07) is 10.6. The van der Waals surface area contributed by atoms with E-state index >= 15 is 0 Å². The van der Waals surface area contributed by atoms with Gasteiger partial charge in [0.15, 0.2) is 17.5 Å². The minimum absolute atomic E-state index is 0.0401. The van der Waals surface area contributed by atoms with Gasteiger partial charge in [-0.2, -0.15) is 5.10 Å². The Morgan fingerprint density at radius 3 is 2.57 bits per heavy atom. The van der Waals surface area contributed by atoms with Crippen LogP contribution in [0.1, 0.15) is 39.1 Å². The van der Waals surface area contributed by atoms with Gasteiger partial charge in [-0.05, 0) is 28.8 Å². The van der Waals surface area contributed by atoms with Crippen LogP contribution in [0.25, 0.3) is 11.3 Å². The molecule has 4 aromatic rings. The van der Waals surface area contributed by atoms with Crippen LogP contribution < -0.4 is 0 Å². The van der Waals surface area contributed by atoms with E-state index in [1.54, 1.807) is 30.1 Å².